The first kappa shape index (κ1) is 24.3. The SMILES string of the molecule is C[Si@@](O[Si](c1ccccc1)(c1ccccc1)c1ccccc1)(c1ccccc1)c1cccc2ccccc12. The maximum Gasteiger partial charge on any atom is 0.278 e. The number of rotatable bonds is 7. The summed E-state index contributed by atoms with van der Waals surface area (Å²) in [6.07, 6.45) is 0. The Labute approximate surface area is 227 Å². The third kappa shape index (κ3) is 4.25. The highest BCUT2D eigenvalue weighted by molar-refractivity contribution is 7.14. The summed E-state index contributed by atoms with van der Waals surface area (Å²) in [4.78, 5) is 0. The molecule has 0 fully saturated rings. The largest absolute Gasteiger partial charge is 0.439 e. The van der Waals surface area contributed by atoms with E-state index in [1.165, 1.54) is 36.7 Å². The predicted octanol–water partition coefficient (Wildman–Crippen LogP) is 5.21. The van der Waals surface area contributed by atoms with Gasteiger partial charge in [0.2, 0.25) is 8.32 Å². The Balaban J connectivity index is 1.70. The van der Waals surface area contributed by atoms with Crippen molar-refractivity contribution in [3.8, 4) is 0 Å². The number of benzene rings is 6. The van der Waals surface area contributed by atoms with Crippen LogP contribution < -0.4 is 25.9 Å². The summed E-state index contributed by atoms with van der Waals surface area (Å²) in [6.45, 7) is 2.39. The number of fused-ring (bicyclic) bond motifs is 1. The van der Waals surface area contributed by atoms with E-state index in [9.17, 15) is 0 Å². The molecule has 6 rings (SSSR count). The molecule has 6 aromatic carbocycles. The molecule has 0 saturated heterocycles. The first-order chi connectivity index (χ1) is 18.7. The summed E-state index contributed by atoms with van der Waals surface area (Å²) >= 11 is 0. The summed E-state index contributed by atoms with van der Waals surface area (Å²) in [5, 5.41) is 8.86. The van der Waals surface area contributed by atoms with E-state index in [0.717, 1.165) is 0 Å². The molecule has 0 aromatic heterocycles. The van der Waals surface area contributed by atoms with Gasteiger partial charge in [0.15, 0.2) is 0 Å². The van der Waals surface area contributed by atoms with Gasteiger partial charge in [-0.25, -0.2) is 0 Å². The lowest BCUT2D eigenvalue weighted by atomic mass is 10.1. The average Bonchev–Trinajstić information content (AvgIpc) is 3.01. The van der Waals surface area contributed by atoms with E-state index >= 15 is 0 Å². The average molecular weight is 523 g/mol. The van der Waals surface area contributed by atoms with Crippen LogP contribution in [0.2, 0.25) is 6.55 Å². The molecule has 38 heavy (non-hydrogen) atoms. The van der Waals surface area contributed by atoms with Crippen molar-refractivity contribution in [3.05, 3.63) is 164 Å². The smallest absolute Gasteiger partial charge is 0.278 e. The van der Waals surface area contributed by atoms with Gasteiger partial charge in [0.25, 0.3) is 8.32 Å². The zero-order valence-corrected chi connectivity index (χ0v) is 23.5. The summed E-state index contributed by atoms with van der Waals surface area (Å²) in [5.41, 5.74) is 0. The Morgan fingerprint density at radius 3 is 1.29 bits per heavy atom. The van der Waals surface area contributed by atoms with Crippen LogP contribution in [-0.2, 0) is 4.12 Å². The predicted molar refractivity (Wildman–Crippen MR) is 166 cm³/mol. The normalized spacial score (nSPS) is 13.2. The van der Waals surface area contributed by atoms with Crippen molar-refractivity contribution >= 4 is 53.3 Å². The monoisotopic (exact) mass is 522 g/mol. The van der Waals surface area contributed by atoms with Crippen molar-refractivity contribution in [1.82, 2.24) is 0 Å². The molecule has 0 radical (unpaired) electrons. The van der Waals surface area contributed by atoms with Gasteiger partial charge < -0.3 is 4.12 Å². The van der Waals surface area contributed by atoms with Crippen molar-refractivity contribution in [2.24, 2.45) is 0 Å². The molecule has 0 unspecified atom stereocenters. The lowest BCUT2D eigenvalue weighted by Crippen LogP contribution is -2.76. The van der Waals surface area contributed by atoms with Gasteiger partial charge in [-0.2, -0.15) is 0 Å². The second-order valence-corrected chi connectivity index (χ2v) is 16.9. The Morgan fingerprint density at radius 2 is 0.789 bits per heavy atom. The van der Waals surface area contributed by atoms with Crippen LogP contribution in [-0.4, -0.2) is 16.6 Å². The Morgan fingerprint density at radius 1 is 0.395 bits per heavy atom. The molecule has 0 spiro atoms. The van der Waals surface area contributed by atoms with E-state index in [2.05, 4.69) is 170 Å². The fourth-order valence-corrected chi connectivity index (χ4v) is 15.7. The van der Waals surface area contributed by atoms with Crippen molar-refractivity contribution in [2.75, 3.05) is 0 Å². The minimum Gasteiger partial charge on any atom is -0.439 e. The number of hydrogen-bond donors (Lipinski definition) is 0. The van der Waals surface area contributed by atoms with Gasteiger partial charge in [-0.05, 0) is 43.3 Å². The maximum atomic E-state index is 8.04. The van der Waals surface area contributed by atoms with Crippen molar-refractivity contribution in [2.45, 2.75) is 6.55 Å². The Kier molecular flexibility index (Phi) is 6.65. The van der Waals surface area contributed by atoms with Gasteiger partial charge in [0, 0.05) is 0 Å². The Hall–Kier alpha value is -4.03. The van der Waals surface area contributed by atoms with Crippen LogP contribution in [0.3, 0.4) is 0 Å². The van der Waals surface area contributed by atoms with E-state index < -0.39 is 16.6 Å². The fourth-order valence-electron chi connectivity index (χ4n) is 5.67. The highest BCUT2D eigenvalue weighted by atomic mass is 28.4. The summed E-state index contributed by atoms with van der Waals surface area (Å²) in [6, 6.07) is 59.0. The molecular weight excluding hydrogens is 493 g/mol. The number of hydrogen-bond acceptors (Lipinski definition) is 1. The van der Waals surface area contributed by atoms with Gasteiger partial charge in [-0.15, -0.1) is 0 Å². The lowest BCUT2D eigenvalue weighted by Gasteiger charge is -2.42. The molecule has 6 aromatic rings. The maximum absolute atomic E-state index is 8.04. The molecule has 0 aliphatic carbocycles. The quantitative estimate of drug-likeness (QED) is 0.207. The van der Waals surface area contributed by atoms with Crippen LogP contribution in [0.15, 0.2) is 164 Å². The van der Waals surface area contributed by atoms with E-state index in [1.54, 1.807) is 0 Å². The van der Waals surface area contributed by atoms with Crippen LogP contribution >= 0.6 is 0 Å². The van der Waals surface area contributed by atoms with E-state index in [-0.39, 0.29) is 0 Å². The minimum absolute atomic E-state index is 1.25. The molecule has 0 aliphatic heterocycles. The second kappa shape index (κ2) is 10.4. The zero-order chi connectivity index (χ0) is 25.8. The van der Waals surface area contributed by atoms with E-state index in [0.29, 0.717) is 0 Å². The molecule has 3 heteroatoms. The zero-order valence-electron chi connectivity index (χ0n) is 21.5. The first-order valence-electron chi connectivity index (χ1n) is 13.1. The van der Waals surface area contributed by atoms with Gasteiger partial charge >= 0.3 is 0 Å². The van der Waals surface area contributed by atoms with Crippen molar-refractivity contribution in [3.63, 3.8) is 0 Å². The molecule has 1 atom stereocenters. The molecule has 184 valence electrons. The van der Waals surface area contributed by atoms with Gasteiger partial charge in [0.05, 0.1) is 0 Å². The third-order valence-electron chi connectivity index (χ3n) is 7.53. The highest BCUT2D eigenvalue weighted by Gasteiger charge is 2.49. The van der Waals surface area contributed by atoms with Crippen LogP contribution in [0.25, 0.3) is 10.8 Å². The molecular formula is C35H30OSi2. The molecule has 0 amide bonds. The highest BCUT2D eigenvalue weighted by Crippen LogP contribution is 2.22. The Bertz CT molecular complexity index is 1540. The molecule has 0 saturated carbocycles. The van der Waals surface area contributed by atoms with Gasteiger partial charge in [0.1, 0.15) is 0 Å². The third-order valence-corrected chi connectivity index (χ3v) is 16.7. The standard InChI is InChI=1S/C35H30OSi2/c1-37(30-19-6-2-7-20-30,35-28-16-18-29-17-14-15-27-34(29)35)36-38(31-21-8-3-9-22-31,32-23-10-4-11-24-32)33-25-12-5-13-26-33/h2-28H,1H3/t37-/m1/s1. The molecule has 0 aliphatic rings. The molecule has 0 N–H and O–H groups in total. The summed E-state index contributed by atoms with van der Waals surface area (Å²) in [5.74, 6) is 0. The van der Waals surface area contributed by atoms with Crippen LogP contribution in [0.4, 0.5) is 0 Å². The minimum atomic E-state index is -2.95. The molecule has 0 bridgehead atoms. The van der Waals surface area contributed by atoms with E-state index in [4.69, 9.17) is 4.12 Å². The first-order valence-corrected chi connectivity index (χ1v) is 17.4. The lowest BCUT2D eigenvalue weighted by molar-refractivity contribution is 0.594. The van der Waals surface area contributed by atoms with Crippen molar-refractivity contribution in [1.29, 1.82) is 0 Å². The second-order valence-electron chi connectivity index (χ2n) is 9.81. The molecule has 1 nitrogen and oxygen atoms in total. The van der Waals surface area contributed by atoms with Crippen LogP contribution in [0, 0.1) is 0 Å². The molecule has 0 heterocycles. The fraction of sp³-hybridized carbons (Fsp3) is 0.0286. The summed E-state index contributed by atoms with van der Waals surface area (Å²) < 4.78 is 8.04. The topological polar surface area (TPSA) is 9.23 Å². The van der Waals surface area contributed by atoms with Gasteiger partial charge in [-0.3, -0.25) is 0 Å². The van der Waals surface area contributed by atoms with Crippen LogP contribution in [0.5, 0.6) is 0 Å². The van der Waals surface area contributed by atoms with Crippen molar-refractivity contribution < 1.29 is 4.12 Å². The van der Waals surface area contributed by atoms with Crippen LogP contribution in [0.1, 0.15) is 0 Å². The van der Waals surface area contributed by atoms with E-state index in [1.807, 2.05) is 0 Å². The summed E-state index contributed by atoms with van der Waals surface area (Å²) in [7, 11) is -5.74. The van der Waals surface area contributed by atoms with Gasteiger partial charge in [-0.1, -0.05) is 164 Å².